The smallest absolute Gasteiger partial charge is 0.0810 e. The number of hydrogen-bond donors (Lipinski definition) is 0. The number of unbranched alkanes of at least 4 members (excludes halogenated alkanes) is 5. The molecule has 0 amide bonds. The first kappa shape index (κ1) is 19.0. The summed E-state index contributed by atoms with van der Waals surface area (Å²) < 4.78 is 5.18. The van der Waals surface area contributed by atoms with Crippen LogP contribution in [0.3, 0.4) is 0 Å². The monoisotopic (exact) mass is 270 g/mol. The quantitative estimate of drug-likeness (QED) is 0.314. The van der Waals surface area contributed by atoms with E-state index in [4.69, 9.17) is 4.74 Å². The van der Waals surface area contributed by atoms with Crippen LogP contribution in [-0.4, -0.2) is 12.7 Å². The summed E-state index contributed by atoms with van der Waals surface area (Å²) in [5.74, 6) is 0.983. The van der Waals surface area contributed by atoms with Gasteiger partial charge in [-0.1, -0.05) is 91.9 Å². The van der Waals surface area contributed by atoms with Gasteiger partial charge in [-0.3, -0.25) is 0 Å². The third kappa shape index (κ3) is 14.2. The first-order valence-electron chi connectivity index (χ1n) is 8.89. The summed E-state index contributed by atoms with van der Waals surface area (Å²) >= 11 is 0. The van der Waals surface area contributed by atoms with Crippen LogP contribution in [0.1, 0.15) is 98.3 Å². The van der Waals surface area contributed by atoms with Crippen LogP contribution in [0.15, 0.2) is 0 Å². The standard InChI is InChI=1S/C12H24O.C6H14/c1-3-11(4-2)8-6-5-7-9-12-10-13-12;1-3-5-6-4-2/h11-12H,3-10H2,1-2H3;3-6H2,1-2H3. The van der Waals surface area contributed by atoms with Crippen molar-refractivity contribution < 1.29 is 4.74 Å². The Balaban J connectivity index is 0.000000459. The van der Waals surface area contributed by atoms with Gasteiger partial charge in [-0.2, -0.15) is 0 Å². The van der Waals surface area contributed by atoms with Crippen molar-refractivity contribution in [2.75, 3.05) is 6.61 Å². The molecule has 0 aromatic rings. The highest BCUT2D eigenvalue weighted by molar-refractivity contribution is 4.68. The SMILES string of the molecule is CCC(CC)CCCCCC1CO1.CCCCCC. The van der Waals surface area contributed by atoms with Crippen LogP contribution in [0, 0.1) is 5.92 Å². The van der Waals surface area contributed by atoms with Crippen LogP contribution < -0.4 is 0 Å². The lowest BCUT2D eigenvalue weighted by Gasteiger charge is -2.10. The number of epoxide rings is 1. The molecule has 0 radical (unpaired) electrons. The van der Waals surface area contributed by atoms with Crippen LogP contribution >= 0.6 is 0 Å². The van der Waals surface area contributed by atoms with Crippen molar-refractivity contribution >= 4 is 0 Å². The van der Waals surface area contributed by atoms with E-state index in [0.29, 0.717) is 6.10 Å². The van der Waals surface area contributed by atoms with Gasteiger partial charge in [-0.15, -0.1) is 0 Å². The first-order valence-corrected chi connectivity index (χ1v) is 8.89. The molecule has 0 bridgehead atoms. The van der Waals surface area contributed by atoms with Crippen LogP contribution in [-0.2, 0) is 4.74 Å². The Morgan fingerprint density at radius 3 is 1.84 bits per heavy atom. The van der Waals surface area contributed by atoms with Gasteiger partial charge in [0.1, 0.15) is 0 Å². The van der Waals surface area contributed by atoms with Gasteiger partial charge in [-0.25, -0.2) is 0 Å². The second-order valence-corrected chi connectivity index (χ2v) is 5.98. The molecule has 0 aliphatic carbocycles. The summed E-state index contributed by atoms with van der Waals surface area (Å²) in [4.78, 5) is 0. The Morgan fingerprint density at radius 2 is 1.42 bits per heavy atom. The van der Waals surface area contributed by atoms with Crippen molar-refractivity contribution in [3.8, 4) is 0 Å². The molecular formula is C18H38O. The Kier molecular flexibility index (Phi) is 14.3. The third-order valence-electron chi connectivity index (χ3n) is 4.15. The minimum atomic E-state index is 0.646. The molecule has 1 saturated heterocycles. The van der Waals surface area contributed by atoms with Gasteiger partial charge in [0.05, 0.1) is 12.7 Å². The topological polar surface area (TPSA) is 12.5 Å². The van der Waals surface area contributed by atoms with E-state index in [1.807, 2.05) is 0 Å². The van der Waals surface area contributed by atoms with Gasteiger partial charge in [0.25, 0.3) is 0 Å². The maximum Gasteiger partial charge on any atom is 0.0810 e. The Labute approximate surface area is 122 Å². The Hall–Kier alpha value is -0.0400. The molecule has 1 unspecified atom stereocenters. The van der Waals surface area contributed by atoms with Crippen molar-refractivity contribution in [3.63, 3.8) is 0 Å². The van der Waals surface area contributed by atoms with Gasteiger partial charge in [0, 0.05) is 0 Å². The highest BCUT2D eigenvalue weighted by Crippen LogP contribution is 2.20. The van der Waals surface area contributed by atoms with Gasteiger partial charge in [-0.05, 0) is 12.3 Å². The van der Waals surface area contributed by atoms with E-state index in [1.54, 1.807) is 0 Å². The van der Waals surface area contributed by atoms with E-state index in [2.05, 4.69) is 27.7 Å². The van der Waals surface area contributed by atoms with E-state index in [-0.39, 0.29) is 0 Å². The number of rotatable bonds is 11. The summed E-state index contributed by atoms with van der Waals surface area (Å²) in [6.07, 6.45) is 15.9. The normalized spacial score (nSPS) is 17.2. The minimum Gasteiger partial charge on any atom is -0.373 e. The largest absolute Gasteiger partial charge is 0.373 e. The Morgan fingerprint density at radius 1 is 0.842 bits per heavy atom. The van der Waals surface area contributed by atoms with E-state index in [0.717, 1.165) is 12.5 Å². The highest BCUT2D eigenvalue weighted by Gasteiger charge is 2.20. The first-order chi connectivity index (χ1) is 9.28. The van der Waals surface area contributed by atoms with Gasteiger partial charge < -0.3 is 4.74 Å². The molecule has 1 aliphatic heterocycles. The lowest BCUT2D eigenvalue weighted by Crippen LogP contribution is -1.96. The Bertz CT molecular complexity index is 155. The van der Waals surface area contributed by atoms with E-state index in [1.165, 1.54) is 70.6 Å². The van der Waals surface area contributed by atoms with Gasteiger partial charge in [0.15, 0.2) is 0 Å². The van der Waals surface area contributed by atoms with Crippen molar-refractivity contribution in [2.24, 2.45) is 5.92 Å². The fourth-order valence-corrected chi connectivity index (χ4v) is 2.41. The average Bonchev–Trinajstić information content (AvgIpc) is 3.25. The molecule has 0 saturated carbocycles. The zero-order chi connectivity index (χ0) is 14.3. The molecule has 0 N–H and O–H groups in total. The molecule has 1 heterocycles. The molecular weight excluding hydrogens is 232 g/mol. The molecule has 1 heteroatoms. The molecule has 1 aliphatic rings. The van der Waals surface area contributed by atoms with Crippen molar-refractivity contribution in [3.05, 3.63) is 0 Å². The fourth-order valence-electron chi connectivity index (χ4n) is 2.41. The predicted molar refractivity (Wildman–Crippen MR) is 86.7 cm³/mol. The highest BCUT2D eigenvalue weighted by atomic mass is 16.6. The summed E-state index contributed by atoms with van der Waals surface area (Å²) in [5.41, 5.74) is 0. The molecule has 1 fully saturated rings. The lowest BCUT2D eigenvalue weighted by atomic mass is 9.96. The molecule has 0 aromatic heterocycles. The zero-order valence-corrected chi connectivity index (χ0v) is 14.0. The van der Waals surface area contributed by atoms with Gasteiger partial charge >= 0.3 is 0 Å². The van der Waals surface area contributed by atoms with Crippen LogP contribution in [0.5, 0.6) is 0 Å². The van der Waals surface area contributed by atoms with Crippen molar-refractivity contribution in [1.29, 1.82) is 0 Å². The van der Waals surface area contributed by atoms with Crippen molar-refractivity contribution in [2.45, 2.75) is 104 Å². The van der Waals surface area contributed by atoms with E-state index < -0.39 is 0 Å². The second-order valence-electron chi connectivity index (χ2n) is 5.98. The average molecular weight is 271 g/mol. The molecule has 1 nitrogen and oxygen atoms in total. The number of hydrogen-bond acceptors (Lipinski definition) is 1. The van der Waals surface area contributed by atoms with E-state index >= 15 is 0 Å². The lowest BCUT2D eigenvalue weighted by molar-refractivity contribution is 0.381. The maximum absolute atomic E-state index is 5.18. The summed E-state index contributed by atoms with van der Waals surface area (Å²) in [5, 5.41) is 0. The predicted octanol–water partition coefficient (Wildman–Crippen LogP) is 6.36. The van der Waals surface area contributed by atoms with Crippen LogP contribution in [0.25, 0.3) is 0 Å². The molecule has 19 heavy (non-hydrogen) atoms. The van der Waals surface area contributed by atoms with Gasteiger partial charge in [0.2, 0.25) is 0 Å². The third-order valence-corrected chi connectivity index (χ3v) is 4.15. The van der Waals surface area contributed by atoms with Crippen molar-refractivity contribution in [1.82, 2.24) is 0 Å². The summed E-state index contributed by atoms with van der Waals surface area (Å²) in [7, 11) is 0. The second kappa shape index (κ2) is 14.4. The molecule has 1 atom stereocenters. The molecule has 0 aromatic carbocycles. The molecule has 116 valence electrons. The molecule has 0 spiro atoms. The zero-order valence-electron chi connectivity index (χ0n) is 14.0. The van der Waals surface area contributed by atoms with Crippen LogP contribution in [0.2, 0.25) is 0 Å². The number of ether oxygens (including phenoxy) is 1. The maximum atomic E-state index is 5.18. The fraction of sp³-hybridized carbons (Fsp3) is 1.00. The summed E-state index contributed by atoms with van der Waals surface area (Å²) in [6, 6.07) is 0. The molecule has 1 rings (SSSR count). The minimum absolute atomic E-state index is 0.646. The van der Waals surface area contributed by atoms with Crippen LogP contribution in [0.4, 0.5) is 0 Å². The summed E-state index contributed by atoms with van der Waals surface area (Å²) in [6.45, 7) is 10.1. The van der Waals surface area contributed by atoms with E-state index in [9.17, 15) is 0 Å².